The van der Waals surface area contributed by atoms with Crippen molar-refractivity contribution in [3.05, 3.63) is 93.3 Å². The Balaban J connectivity index is 1.76. The van der Waals surface area contributed by atoms with Crippen molar-refractivity contribution in [2.24, 2.45) is 5.10 Å². The molecule has 3 N–H and O–H groups in total. The van der Waals surface area contributed by atoms with Gasteiger partial charge in [-0.1, -0.05) is 54.1 Å². The molecule has 0 bridgehead atoms. The van der Waals surface area contributed by atoms with Gasteiger partial charge in [0.1, 0.15) is 0 Å². The molecule has 0 unspecified atom stereocenters. The predicted molar refractivity (Wildman–Crippen MR) is 132 cm³/mol. The van der Waals surface area contributed by atoms with Gasteiger partial charge in [-0.15, -0.1) is 0 Å². The van der Waals surface area contributed by atoms with Gasteiger partial charge in [0.25, 0.3) is 0 Å². The Morgan fingerprint density at radius 3 is 2.66 bits per heavy atom. The molecule has 0 aliphatic carbocycles. The second kappa shape index (κ2) is 11.5. The lowest BCUT2D eigenvalue weighted by atomic mass is 10.0. The third-order valence-electron chi connectivity index (χ3n) is 4.73. The third-order valence-corrected chi connectivity index (χ3v) is 5.20. The number of ether oxygens (including phenoxy) is 1. The summed E-state index contributed by atoms with van der Waals surface area (Å²) >= 11 is 11.4. The lowest BCUT2D eigenvalue weighted by molar-refractivity contribution is 0.0524. The van der Waals surface area contributed by atoms with Crippen molar-refractivity contribution in [2.75, 3.05) is 6.61 Å². The molecule has 1 heterocycles. The molecule has 0 spiro atoms. The normalized spacial score (nSPS) is 10.8. The maximum Gasteiger partial charge on any atom is 0.340 e. The molecule has 32 heavy (non-hydrogen) atoms. The number of hydrogen-bond donors (Lipinski definition) is 3. The monoisotopic (exact) mass is 468 g/mol. The predicted octanol–water partition coefficient (Wildman–Crippen LogP) is 4.74. The van der Waals surface area contributed by atoms with Gasteiger partial charge in [0.05, 0.1) is 24.1 Å². The molecule has 2 aromatic carbocycles. The Labute approximate surface area is 198 Å². The number of hydrogen-bond acceptors (Lipinski definition) is 4. The summed E-state index contributed by atoms with van der Waals surface area (Å²) in [5.74, 6) is -0.370. The van der Waals surface area contributed by atoms with Gasteiger partial charge >= 0.3 is 5.97 Å². The number of aryl methyl sites for hydroxylation is 1. The average Bonchev–Trinajstić information content (AvgIpc) is 3.08. The highest BCUT2D eigenvalue weighted by molar-refractivity contribution is 7.80. The minimum absolute atomic E-state index is 0.298. The van der Waals surface area contributed by atoms with Crippen LogP contribution in [0.15, 0.2) is 59.7 Å². The third kappa shape index (κ3) is 6.42. The average molecular weight is 469 g/mol. The summed E-state index contributed by atoms with van der Waals surface area (Å²) in [6.45, 7) is 4.51. The molecule has 3 aromatic rings. The van der Waals surface area contributed by atoms with E-state index in [-0.39, 0.29) is 5.97 Å². The Morgan fingerprint density at radius 1 is 1.19 bits per heavy atom. The minimum atomic E-state index is -0.370. The second-order valence-corrected chi connectivity index (χ2v) is 7.93. The number of aromatic amines is 1. The zero-order valence-corrected chi connectivity index (χ0v) is 19.5. The maximum atomic E-state index is 12.6. The van der Waals surface area contributed by atoms with Crippen LogP contribution in [0.25, 0.3) is 0 Å². The first-order valence-corrected chi connectivity index (χ1v) is 11.0. The number of benzene rings is 2. The van der Waals surface area contributed by atoms with Gasteiger partial charge in [0.15, 0.2) is 5.11 Å². The van der Waals surface area contributed by atoms with E-state index in [1.54, 1.807) is 13.1 Å². The van der Waals surface area contributed by atoms with E-state index in [1.165, 1.54) is 0 Å². The molecule has 8 heteroatoms. The number of thiocarbonyl (C=S) groups is 1. The molecular formula is C24H25ClN4O2S. The van der Waals surface area contributed by atoms with Gasteiger partial charge < -0.3 is 15.0 Å². The van der Waals surface area contributed by atoms with E-state index in [1.807, 2.05) is 61.5 Å². The Bertz CT molecular complexity index is 1110. The number of nitrogens with zero attached hydrogens (tertiary/aromatic N) is 1. The highest BCUT2D eigenvalue weighted by Crippen LogP contribution is 2.24. The van der Waals surface area contributed by atoms with Crippen LogP contribution in [-0.2, 0) is 17.7 Å². The fourth-order valence-electron chi connectivity index (χ4n) is 3.30. The smallest absolute Gasteiger partial charge is 0.340 e. The van der Waals surface area contributed by atoms with Crippen molar-refractivity contribution in [1.29, 1.82) is 0 Å². The van der Waals surface area contributed by atoms with Crippen LogP contribution in [0.3, 0.4) is 0 Å². The summed E-state index contributed by atoms with van der Waals surface area (Å²) in [5.41, 5.74) is 7.62. The molecule has 3 rings (SSSR count). The van der Waals surface area contributed by atoms with Crippen molar-refractivity contribution in [3.63, 3.8) is 0 Å². The van der Waals surface area contributed by atoms with Gasteiger partial charge in [-0.25, -0.2) is 4.79 Å². The lowest BCUT2D eigenvalue weighted by Crippen LogP contribution is -2.31. The zero-order chi connectivity index (χ0) is 22.9. The minimum Gasteiger partial charge on any atom is -0.462 e. The van der Waals surface area contributed by atoms with Crippen LogP contribution in [0.4, 0.5) is 0 Å². The molecular weight excluding hydrogens is 444 g/mol. The number of halogens is 1. The van der Waals surface area contributed by atoms with Crippen molar-refractivity contribution in [1.82, 2.24) is 15.7 Å². The largest absolute Gasteiger partial charge is 0.462 e. The highest BCUT2D eigenvalue weighted by Gasteiger charge is 2.21. The SMILES string of the molecule is CCOC(=O)c1c(C)[nH]c(C=NNC(=S)NCc2ccccc2)c1Cc1cccc(Cl)c1. The van der Waals surface area contributed by atoms with Crippen LogP contribution in [-0.4, -0.2) is 28.9 Å². The van der Waals surface area contributed by atoms with Crippen molar-refractivity contribution in [2.45, 2.75) is 26.8 Å². The molecule has 0 fully saturated rings. The highest BCUT2D eigenvalue weighted by atomic mass is 35.5. The summed E-state index contributed by atoms with van der Waals surface area (Å²) in [7, 11) is 0. The molecule has 1 aromatic heterocycles. The summed E-state index contributed by atoms with van der Waals surface area (Å²) in [6.07, 6.45) is 2.11. The fourth-order valence-corrected chi connectivity index (χ4v) is 3.64. The molecule has 0 aliphatic rings. The van der Waals surface area contributed by atoms with E-state index >= 15 is 0 Å². The fraction of sp³-hybridized carbons (Fsp3) is 0.208. The van der Waals surface area contributed by atoms with Crippen LogP contribution >= 0.6 is 23.8 Å². The number of hydrazone groups is 1. The number of esters is 1. The van der Waals surface area contributed by atoms with Gasteiger partial charge in [-0.2, -0.15) is 5.10 Å². The van der Waals surface area contributed by atoms with E-state index < -0.39 is 0 Å². The quantitative estimate of drug-likeness (QED) is 0.192. The van der Waals surface area contributed by atoms with E-state index in [0.29, 0.717) is 46.7 Å². The van der Waals surface area contributed by atoms with Crippen molar-refractivity contribution >= 4 is 41.1 Å². The molecule has 0 amide bonds. The Hall–Kier alpha value is -3.16. The number of rotatable bonds is 8. The first-order chi connectivity index (χ1) is 15.5. The van der Waals surface area contributed by atoms with Crippen molar-refractivity contribution < 1.29 is 9.53 Å². The van der Waals surface area contributed by atoms with Crippen LogP contribution < -0.4 is 10.7 Å². The first kappa shape index (κ1) is 23.5. The van der Waals surface area contributed by atoms with Crippen LogP contribution in [0.5, 0.6) is 0 Å². The van der Waals surface area contributed by atoms with Crippen LogP contribution in [0, 0.1) is 6.92 Å². The van der Waals surface area contributed by atoms with Gasteiger partial charge in [-0.3, -0.25) is 5.43 Å². The Morgan fingerprint density at radius 2 is 1.94 bits per heavy atom. The lowest BCUT2D eigenvalue weighted by Gasteiger charge is -2.08. The molecule has 0 radical (unpaired) electrons. The van der Waals surface area contributed by atoms with E-state index in [4.69, 9.17) is 28.6 Å². The molecule has 0 atom stereocenters. The Kier molecular flexibility index (Phi) is 8.41. The summed E-state index contributed by atoms with van der Waals surface area (Å²) in [5, 5.41) is 8.39. The van der Waals surface area contributed by atoms with Crippen LogP contribution in [0.2, 0.25) is 5.02 Å². The first-order valence-electron chi connectivity index (χ1n) is 10.2. The van der Waals surface area contributed by atoms with E-state index in [0.717, 1.165) is 16.7 Å². The second-order valence-electron chi connectivity index (χ2n) is 7.08. The molecule has 166 valence electrons. The van der Waals surface area contributed by atoms with E-state index in [2.05, 4.69) is 20.8 Å². The molecule has 0 saturated carbocycles. The maximum absolute atomic E-state index is 12.6. The molecule has 6 nitrogen and oxygen atoms in total. The summed E-state index contributed by atoms with van der Waals surface area (Å²) in [6, 6.07) is 17.5. The van der Waals surface area contributed by atoms with Crippen molar-refractivity contribution in [3.8, 4) is 0 Å². The van der Waals surface area contributed by atoms with E-state index in [9.17, 15) is 4.79 Å². The number of nitrogens with one attached hydrogen (secondary N) is 3. The number of aromatic nitrogens is 1. The molecule has 0 aliphatic heterocycles. The summed E-state index contributed by atoms with van der Waals surface area (Å²) < 4.78 is 5.26. The topological polar surface area (TPSA) is 78.5 Å². The van der Waals surface area contributed by atoms with Crippen LogP contribution in [0.1, 0.15) is 45.4 Å². The van der Waals surface area contributed by atoms with Gasteiger partial charge in [0, 0.05) is 23.7 Å². The summed E-state index contributed by atoms with van der Waals surface area (Å²) in [4.78, 5) is 15.8. The zero-order valence-electron chi connectivity index (χ0n) is 17.9. The number of H-pyrrole nitrogens is 1. The molecule has 0 saturated heterocycles. The van der Waals surface area contributed by atoms with Gasteiger partial charge in [0.2, 0.25) is 0 Å². The number of carbonyl (C=O) groups is 1. The standard InChI is InChI=1S/C24H25ClN4O2S/c1-3-31-23(30)22-16(2)28-21(20(22)13-18-10-7-11-19(25)12-18)15-27-29-24(32)26-14-17-8-5-4-6-9-17/h4-12,15,28H,3,13-14H2,1-2H3,(H2,26,29,32). The van der Waals surface area contributed by atoms with Gasteiger partial charge in [-0.05, 0) is 54.9 Å². The number of carbonyl (C=O) groups excluding carboxylic acids is 1.